The molecule has 4 rings (SSSR count). The van der Waals surface area contributed by atoms with Gasteiger partial charge in [-0.05, 0) is 31.5 Å². The van der Waals surface area contributed by atoms with E-state index in [1.165, 1.54) is 4.90 Å². The Morgan fingerprint density at radius 2 is 2.07 bits per heavy atom. The highest BCUT2D eigenvalue weighted by atomic mass is 32.2. The van der Waals surface area contributed by atoms with Crippen LogP contribution in [0.25, 0.3) is 11.5 Å². The van der Waals surface area contributed by atoms with E-state index in [4.69, 9.17) is 13.9 Å². The third-order valence-corrected chi connectivity index (χ3v) is 6.73. The van der Waals surface area contributed by atoms with Crippen molar-refractivity contribution in [2.45, 2.75) is 25.8 Å². The largest absolute Gasteiger partial charge is 0.454 e. The number of fused-ring (bicyclic) bond motifs is 1. The first-order valence-corrected chi connectivity index (χ1v) is 10.5. The molecule has 3 heterocycles. The smallest absolute Gasteiger partial charge is 0.231 e. The molecule has 1 aromatic heterocycles. The van der Waals surface area contributed by atoms with E-state index in [-0.39, 0.29) is 36.7 Å². The summed E-state index contributed by atoms with van der Waals surface area (Å²) in [4.78, 5) is 18.5. The number of carbonyl (C=O) groups excluding carboxylic acids is 1. The monoisotopic (exact) mass is 392 g/mol. The maximum atomic E-state index is 12.6. The minimum atomic E-state index is -3.04. The maximum absolute atomic E-state index is 12.6. The molecular formula is C18H20N2O6S. The highest BCUT2D eigenvalue weighted by Crippen LogP contribution is 2.36. The zero-order valence-electron chi connectivity index (χ0n) is 15.1. The van der Waals surface area contributed by atoms with Gasteiger partial charge in [0, 0.05) is 18.7 Å². The number of aryl methyl sites for hydroxylation is 1. The van der Waals surface area contributed by atoms with E-state index in [1.807, 2.05) is 6.07 Å². The van der Waals surface area contributed by atoms with Crippen molar-refractivity contribution in [1.82, 2.24) is 9.88 Å². The van der Waals surface area contributed by atoms with Crippen LogP contribution < -0.4 is 9.47 Å². The van der Waals surface area contributed by atoms with Crippen LogP contribution >= 0.6 is 0 Å². The third kappa shape index (κ3) is 3.51. The molecule has 2 aromatic rings. The number of aromatic nitrogens is 1. The minimum Gasteiger partial charge on any atom is -0.454 e. The zero-order chi connectivity index (χ0) is 19.2. The van der Waals surface area contributed by atoms with Crippen LogP contribution in [0.1, 0.15) is 17.9 Å². The molecular weight excluding hydrogens is 372 g/mol. The number of oxazole rings is 1. The molecule has 0 bridgehead atoms. The molecule has 1 atom stereocenters. The number of hydrogen-bond acceptors (Lipinski definition) is 7. The van der Waals surface area contributed by atoms with Crippen LogP contribution in [0.15, 0.2) is 22.6 Å². The molecule has 2 aliphatic rings. The highest BCUT2D eigenvalue weighted by Gasteiger charge is 2.33. The summed E-state index contributed by atoms with van der Waals surface area (Å²) in [7, 11) is -1.40. The molecule has 1 aromatic carbocycles. The lowest BCUT2D eigenvalue weighted by atomic mass is 10.2. The standard InChI is InChI=1S/C18H20N2O6S/c1-11-14(8-17(21)20(2)13-5-6-27(22,23)9-13)19-18(26-11)12-3-4-15-16(7-12)25-10-24-15/h3-4,7,13H,5-6,8-10H2,1-2H3. The molecule has 1 fully saturated rings. The van der Waals surface area contributed by atoms with Crippen LogP contribution in [-0.4, -0.2) is 55.6 Å². The molecule has 0 aliphatic carbocycles. The molecule has 1 amide bonds. The Morgan fingerprint density at radius 1 is 1.30 bits per heavy atom. The van der Waals surface area contributed by atoms with Gasteiger partial charge in [0.05, 0.1) is 23.6 Å². The van der Waals surface area contributed by atoms with Crippen LogP contribution in [0.4, 0.5) is 0 Å². The molecule has 8 nitrogen and oxygen atoms in total. The fourth-order valence-electron chi connectivity index (χ4n) is 3.30. The van der Waals surface area contributed by atoms with Gasteiger partial charge in [0.1, 0.15) is 5.76 Å². The summed E-state index contributed by atoms with van der Waals surface area (Å²) in [5.41, 5.74) is 1.27. The Bertz CT molecular complexity index is 997. The van der Waals surface area contributed by atoms with Crippen LogP contribution in [0.5, 0.6) is 11.5 Å². The number of hydrogen-bond donors (Lipinski definition) is 0. The second-order valence-corrected chi connectivity index (χ2v) is 9.06. The second-order valence-electron chi connectivity index (χ2n) is 6.83. The van der Waals surface area contributed by atoms with E-state index in [0.29, 0.717) is 35.3 Å². The number of likely N-dealkylation sites (N-methyl/N-ethyl adjacent to an activating group) is 1. The number of benzene rings is 1. The fourth-order valence-corrected chi connectivity index (χ4v) is 5.07. The average molecular weight is 392 g/mol. The summed E-state index contributed by atoms with van der Waals surface area (Å²) >= 11 is 0. The molecule has 2 aliphatic heterocycles. The van der Waals surface area contributed by atoms with Gasteiger partial charge in [-0.1, -0.05) is 0 Å². The first kappa shape index (κ1) is 17.8. The zero-order valence-corrected chi connectivity index (χ0v) is 15.9. The van der Waals surface area contributed by atoms with Crippen molar-refractivity contribution in [2.75, 3.05) is 25.3 Å². The molecule has 0 radical (unpaired) electrons. The molecule has 27 heavy (non-hydrogen) atoms. The first-order valence-electron chi connectivity index (χ1n) is 8.65. The average Bonchev–Trinajstić information content (AvgIpc) is 3.32. The van der Waals surface area contributed by atoms with Gasteiger partial charge in [0.2, 0.25) is 18.6 Å². The van der Waals surface area contributed by atoms with E-state index >= 15 is 0 Å². The molecule has 0 N–H and O–H groups in total. The molecule has 1 unspecified atom stereocenters. The second kappa shape index (κ2) is 6.56. The van der Waals surface area contributed by atoms with Gasteiger partial charge in [0.15, 0.2) is 21.3 Å². The number of amides is 1. The van der Waals surface area contributed by atoms with Crippen LogP contribution in [-0.2, 0) is 21.1 Å². The van der Waals surface area contributed by atoms with Gasteiger partial charge in [-0.25, -0.2) is 13.4 Å². The first-order chi connectivity index (χ1) is 12.8. The number of nitrogens with zero attached hydrogens (tertiary/aromatic N) is 2. The van der Waals surface area contributed by atoms with Crippen LogP contribution in [0.2, 0.25) is 0 Å². The third-order valence-electron chi connectivity index (χ3n) is 4.98. The Labute approximate surface area is 157 Å². The summed E-state index contributed by atoms with van der Waals surface area (Å²) < 4.78 is 39.7. The van der Waals surface area contributed by atoms with Crippen molar-refractivity contribution in [2.24, 2.45) is 0 Å². The number of rotatable bonds is 4. The molecule has 0 saturated carbocycles. The number of ether oxygens (including phenoxy) is 2. The van der Waals surface area contributed by atoms with Gasteiger partial charge in [-0.15, -0.1) is 0 Å². The van der Waals surface area contributed by atoms with E-state index < -0.39 is 9.84 Å². The summed E-state index contributed by atoms with van der Waals surface area (Å²) in [6, 6.07) is 5.12. The molecule has 144 valence electrons. The van der Waals surface area contributed by atoms with Crippen molar-refractivity contribution in [3.8, 4) is 23.0 Å². The van der Waals surface area contributed by atoms with E-state index in [2.05, 4.69) is 4.98 Å². The summed E-state index contributed by atoms with van der Waals surface area (Å²) in [6.07, 6.45) is 0.539. The lowest BCUT2D eigenvalue weighted by Gasteiger charge is -2.23. The normalized spacial score (nSPS) is 20.0. The Morgan fingerprint density at radius 3 is 2.81 bits per heavy atom. The van der Waals surface area contributed by atoms with Crippen molar-refractivity contribution in [1.29, 1.82) is 0 Å². The summed E-state index contributed by atoms with van der Waals surface area (Å²) in [5.74, 6) is 2.24. The lowest BCUT2D eigenvalue weighted by Crippen LogP contribution is -2.38. The van der Waals surface area contributed by atoms with Crippen molar-refractivity contribution in [3.05, 3.63) is 29.7 Å². The SMILES string of the molecule is Cc1oc(-c2ccc3c(c2)OCO3)nc1CC(=O)N(C)C1CCS(=O)(=O)C1. The van der Waals surface area contributed by atoms with Crippen LogP contribution in [0.3, 0.4) is 0 Å². The number of carbonyl (C=O) groups is 1. The van der Waals surface area contributed by atoms with Crippen molar-refractivity contribution in [3.63, 3.8) is 0 Å². The molecule has 1 saturated heterocycles. The predicted molar refractivity (Wildman–Crippen MR) is 96.3 cm³/mol. The van der Waals surface area contributed by atoms with E-state index in [1.54, 1.807) is 26.1 Å². The molecule has 0 spiro atoms. The Hall–Kier alpha value is -2.55. The Balaban J connectivity index is 1.49. The highest BCUT2D eigenvalue weighted by molar-refractivity contribution is 7.91. The van der Waals surface area contributed by atoms with Crippen molar-refractivity contribution < 1.29 is 27.1 Å². The van der Waals surface area contributed by atoms with Gasteiger partial charge >= 0.3 is 0 Å². The quantitative estimate of drug-likeness (QED) is 0.779. The van der Waals surface area contributed by atoms with Gasteiger partial charge in [-0.2, -0.15) is 0 Å². The van der Waals surface area contributed by atoms with Crippen LogP contribution in [0, 0.1) is 6.92 Å². The predicted octanol–water partition coefficient (Wildman–Crippen LogP) is 1.57. The fraction of sp³-hybridized carbons (Fsp3) is 0.444. The maximum Gasteiger partial charge on any atom is 0.231 e. The molecule has 9 heteroatoms. The minimum absolute atomic E-state index is 0.0233. The topological polar surface area (TPSA) is 98.9 Å². The van der Waals surface area contributed by atoms with Crippen molar-refractivity contribution >= 4 is 15.7 Å². The summed E-state index contributed by atoms with van der Waals surface area (Å²) in [5, 5.41) is 0. The van der Waals surface area contributed by atoms with Gasteiger partial charge in [-0.3, -0.25) is 4.79 Å². The van der Waals surface area contributed by atoms with E-state index in [9.17, 15) is 13.2 Å². The van der Waals surface area contributed by atoms with E-state index in [0.717, 1.165) is 5.56 Å². The van der Waals surface area contributed by atoms with Gasteiger partial charge < -0.3 is 18.8 Å². The number of sulfone groups is 1. The van der Waals surface area contributed by atoms with Gasteiger partial charge in [0.25, 0.3) is 0 Å². The lowest BCUT2D eigenvalue weighted by molar-refractivity contribution is -0.130. The summed E-state index contributed by atoms with van der Waals surface area (Å²) in [6.45, 7) is 1.94. The Kier molecular flexibility index (Phi) is 4.33.